The number of aliphatic hydroxyl groups excluding tert-OH is 1. The number of aromatic nitrogens is 2. The number of H-pyrrole nitrogens is 1. The maximum absolute atomic E-state index is 9.40. The number of para-hydroxylation sites is 1. The third-order valence-electron chi connectivity index (χ3n) is 4.20. The van der Waals surface area contributed by atoms with Crippen LogP contribution in [-0.2, 0) is 19.6 Å². The molecular formula is C19H23N3O. The minimum absolute atomic E-state index is 0.0216. The number of fused-ring (bicyclic) bond motifs is 1. The minimum atomic E-state index is -0.0742. The lowest BCUT2D eigenvalue weighted by molar-refractivity contribution is 0.278. The van der Waals surface area contributed by atoms with E-state index in [1.54, 1.807) is 6.20 Å². The van der Waals surface area contributed by atoms with Crippen LogP contribution < -0.4 is 5.32 Å². The second kappa shape index (κ2) is 6.52. The lowest BCUT2D eigenvalue weighted by Crippen LogP contribution is -2.41. The van der Waals surface area contributed by atoms with Crippen LogP contribution >= 0.6 is 0 Å². The number of benzene rings is 1. The van der Waals surface area contributed by atoms with Gasteiger partial charge in [-0.25, -0.2) is 0 Å². The first-order valence-electron chi connectivity index (χ1n) is 7.93. The molecule has 0 bridgehead atoms. The highest BCUT2D eigenvalue weighted by Crippen LogP contribution is 2.22. The van der Waals surface area contributed by atoms with Crippen molar-refractivity contribution in [3.05, 3.63) is 65.6 Å². The van der Waals surface area contributed by atoms with E-state index in [0.29, 0.717) is 6.54 Å². The Balaban J connectivity index is 1.72. The fourth-order valence-electron chi connectivity index (χ4n) is 2.91. The molecule has 2 heterocycles. The zero-order valence-corrected chi connectivity index (χ0v) is 13.6. The number of aromatic amines is 1. The summed E-state index contributed by atoms with van der Waals surface area (Å²) in [7, 11) is 0. The maximum Gasteiger partial charge on any atom is 0.0700 e. The number of hydrogen-bond acceptors (Lipinski definition) is 3. The molecule has 4 heteroatoms. The van der Waals surface area contributed by atoms with Gasteiger partial charge in [-0.1, -0.05) is 24.3 Å². The molecule has 1 aromatic carbocycles. The van der Waals surface area contributed by atoms with Crippen molar-refractivity contribution in [2.45, 2.75) is 39.0 Å². The molecule has 0 saturated heterocycles. The molecule has 0 aliphatic heterocycles. The average Bonchev–Trinajstić information content (AvgIpc) is 2.96. The van der Waals surface area contributed by atoms with Crippen molar-refractivity contribution in [3.8, 4) is 0 Å². The Bertz CT molecular complexity index is 792. The van der Waals surface area contributed by atoms with E-state index >= 15 is 0 Å². The third kappa shape index (κ3) is 3.60. The summed E-state index contributed by atoms with van der Waals surface area (Å²) in [5.74, 6) is 0. The van der Waals surface area contributed by atoms with Crippen molar-refractivity contribution in [3.63, 3.8) is 0 Å². The van der Waals surface area contributed by atoms with Crippen LogP contribution in [0.2, 0.25) is 0 Å². The fraction of sp³-hybridized carbons (Fsp3) is 0.316. The standard InChI is InChI=1S/C19H23N3O/c1-19(2,22-12-18-14(13-23)6-5-9-20-18)10-15-11-21-17-8-4-3-7-16(15)17/h3-9,11,21-23H,10,12-13H2,1-2H3. The van der Waals surface area contributed by atoms with Crippen molar-refractivity contribution < 1.29 is 5.11 Å². The molecule has 0 fully saturated rings. The van der Waals surface area contributed by atoms with Gasteiger partial charge in [0.25, 0.3) is 0 Å². The third-order valence-corrected chi connectivity index (χ3v) is 4.20. The largest absolute Gasteiger partial charge is 0.392 e. The molecular weight excluding hydrogens is 286 g/mol. The monoisotopic (exact) mass is 309 g/mol. The Kier molecular flexibility index (Phi) is 4.46. The maximum atomic E-state index is 9.40. The first-order valence-corrected chi connectivity index (χ1v) is 7.93. The van der Waals surface area contributed by atoms with Crippen LogP contribution in [0.5, 0.6) is 0 Å². The summed E-state index contributed by atoms with van der Waals surface area (Å²) in [6.45, 7) is 5.05. The van der Waals surface area contributed by atoms with E-state index < -0.39 is 0 Å². The van der Waals surface area contributed by atoms with E-state index in [9.17, 15) is 5.11 Å². The van der Waals surface area contributed by atoms with Crippen LogP contribution in [0.3, 0.4) is 0 Å². The Morgan fingerprint density at radius 3 is 2.78 bits per heavy atom. The summed E-state index contributed by atoms with van der Waals surface area (Å²) in [5.41, 5.74) is 4.19. The molecule has 0 amide bonds. The van der Waals surface area contributed by atoms with Gasteiger partial charge < -0.3 is 15.4 Å². The van der Waals surface area contributed by atoms with Gasteiger partial charge in [0.05, 0.1) is 12.3 Å². The predicted molar refractivity (Wildman–Crippen MR) is 93.1 cm³/mol. The van der Waals surface area contributed by atoms with Crippen molar-refractivity contribution in [1.29, 1.82) is 0 Å². The lowest BCUT2D eigenvalue weighted by atomic mass is 9.94. The zero-order valence-electron chi connectivity index (χ0n) is 13.6. The molecule has 3 aromatic rings. The van der Waals surface area contributed by atoms with E-state index in [2.05, 4.69) is 53.5 Å². The van der Waals surface area contributed by atoms with Crippen LogP contribution in [-0.4, -0.2) is 20.6 Å². The van der Waals surface area contributed by atoms with Gasteiger partial charge in [0.2, 0.25) is 0 Å². The lowest BCUT2D eigenvalue weighted by Gasteiger charge is -2.26. The summed E-state index contributed by atoms with van der Waals surface area (Å²) < 4.78 is 0. The molecule has 0 aliphatic rings. The number of nitrogens with zero attached hydrogens (tertiary/aromatic N) is 1. The van der Waals surface area contributed by atoms with Crippen molar-refractivity contribution in [2.75, 3.05) is 0 Å². The normalized spacial score (nSPS) is 12.0. The quantitative estimate of drug-likeness (QED) is 0.655. The molecule has 0 aliphatic carbocycles. The van der Waals surface area contributed by atoms with Crippen LogP contribution in [0.4, 0.5) is 0 Å². The summed E-state index contributed by atoms with van der Waals surface area (Å²) in [6.07, 6.45) is 4.77. The molecule has 0 saturated carbocycles. The molecule has 0 unspecified atom stereocenters. The van der Waals surface area contributed by atoms with Gasteiger partial charge in [0.1, 0.15) is 0 Å². The average molecular weight is 309 g/mol. The van der Waals surface area contributed by atoms with Crippen LogP contribution in [0, 0.1) is 0 Å². The van der Waals surface area contributed by atoms with Crippen molar-refractivity contribution >= 4 is 10.9 Å². The topological polar surface area (TPSA) is 60.9 Å². The van der Waals surface area contributed by atoms with E-state index in [1.165, 1.54) is 16.5 Å². The van der Waals surface area contributed by atoms with Gasteiger partial charge in [0, 0.05) is 40.9 Å². The van der Waals surface area contributed by atoms with E-state index in [4.69, 9.17) is 0 Å². The van der Waals surface area contributed by atoms with E-state index in [0.717, 1.165) is 17.7 Å². The van der Waals surface area contributed by atoms with Gasteiger partial charge in [-0.3, -0.25) is 4.98 Å². The van der Waals surface area contributed by atoms with Crippen LogP contribution in [0.1, 0.15) is 30.7 Å². The van der Waals surface area contributed by atoms with Gasteiger partial charge in [-0.05, 0) is 38.0 Å². The smallest absolute Gasteiger partial charge is 0.0700 e. The Morgan fingerprint density at radius 2 is 1.96 bits per heavy atom. The number of hydrogen-bond donors (Lipinski definition) is 3. The Morgan fingerprint density at radius 1 is 1.13 bits per heavy atom. The zero-order chi connectivity index (χ0) is 16.3. The van der Waals surface area contributed by atoms with Gasteiger partial charge in [-0.15, -0.1) is 0 Å². The van der Waals surface area contributed by atoms with Crippen molar-refractivity contribution in [2.24, 2.45) is 0 Å². The summed E-state index contributed by atoms with van der Waals surface area (Å²) in [5, 5.41) is 14.2. The van der Waals surface area contributed by atoms with Crippen molar-refractivity contribution in [1.82, 2.24) is 15.3 Å². The molecule has 23 heavy (non-hydrogen) atoms. The van der Waals surface area contributed by atoms with Gasteiger partial charge in [0.15, 0.2) is 0 Å². The second-order valence-corrected chi connectivity index (χ2v) is 6.54. The SMILES string of the molecule is CC(C)(Cc1c[nH]c2ccccc12)NCc1ncccc1CO. The highest BCUT2D eigenvalue weighted by atomic mass is 16.3. The summed E-state index contributed by atoms with van der Waals surface area (Å²) in [4.78, 5) is 7.70. The first kappa shape index (κ1) is 15.7. The predicted octanol–water partition coefficient (Wildman–Crippen LogP) is 3.17. The van der Waals surface area contributed by atoms with Gasteiger partial charge in [-0.2, -0.15) is 0 Å². The minimum Gasteiger partial charge on any atom is -0.392 e. The molecule has 2 aromatic heterocycles. The van der Waals surface area contributed by atoms with Gasteiger partial charge >= 0.3 is 0 Å². The molecule has 4 nitrogen and oxygen atoms in total. The highest BCUT2D eigenvalue weighted by molar-refractivity contribution is 5.83. The number of nitrogens with one attached hydrogen (secondary N) is 2. The van der Waals surface area contributed by atoms with E-state index in [-0.39, 0.29) is 12.1 Å². The molecule has 0 radical (unpaired) electrons. The molecule has 0 atom stereocenters. The van der Waals surface area contributed by atoms with Crippen LogP contribution in [0.15, 0.2) is 48.8 Å². The van der Waals surface area contributed by atoms with Crippen LogP contribution in [0.25, 0.3) is 10.9 Å². The fourth-order valence-corrected chi connectivity index (χ4v) is 2.91. The number of rotatable bonds is 6. The molecule has 3 rings (SSSR count). The second-order valence-electron chi connectivity index (χ2n) is 6.54. The van der Waals surface area contributed by atoms with E-state index in [1.807, 2.05) is 18.2 Å². The molecule has 120 valence electrons. The first-order chi connectivity index (χ1) is 11.1. The Hall–Kier alpha value is -2.17. The number of pyridine rings is 1. The number of aliphatic hydroxyl groups is 1. The highest BCUT2D eigenvalue weighted by Gasteiger charge is 2.20. The molecule has 3 N–H and O–H groups in total. The summed E-state index contributed by atoms with van der Waals surface area (Å²) >= 11 is 0. The Labute approximate surface area is 136 Å². The summed E-state index contributed by atoms with van der Waals surface area (Å²) in [6, 6.07) is 12.1. The molecule has 0 spiro atoms.